The van der Waals surface area contributed by atoms with Crippen LogP contribution in [0, 0.1) is 0 Å². The third-order valence-electron chi connectivity index (χ3n) is 10.6. The van der Waals surface area contributed by atoms with Crippen LogP contribution in [-0.2, 0) is 0 Å². The molecule has 0 atom stereocenters. The molecule has 10 rings (SSSR count). The molecule has 9 aromatic carbocycles. The molecule has 0 spiro atoms. The zero-order chi connectivity index (χ0) is 35.8. The molecule has 2 nitrogen and oxygen atoms in total. The van der Waals surface area contributed by atoms with E-state index in [0.717, 1.165) is 22.7 Å². The molecule has 2 heteroatoms. The van der Waals surface area contributed by atoms with Gasteiger partial charge in [0.15, 0.2) is 0 Å². The van der Waals surface area contributed by atoms with Crippen LogP contribution in [0.5, 0.6) is 0 Å². The maximum absolute atomic E-state index is 2.38. The van der Waals surface area contributed by atoms with E-state index < -0.39 is 0 Å². The lowest BCUT2D eigenvalue weighted by Crippen LogP contribution is -2.09. The van der Waals surface area contributed by atoms with E-state index in [-0.39, 0.29) is 0 Å². The van der Waals surface area contributed by atoms with E-state index >= 15 is 0 Å². The number of anilines is 3. The maximum Gasteiger partial charge on any atom is 0.0541 e. The number of rotatable bonds is 7. The van der Waals surface area contributed by atoms with E-state index in [2.05, 4.69) is 228 Å². The van der Waals surface area contributed by atoms with Crippen molar-refractivity contribution in [3.8, 4) is 39.1 Å². The highest BCUT2D eigenvalue weighted by atomic mass is 15.1. The summed E-state index contributed by atoms with van der Waals surface area (Å²) in [5.74, 6) is 0. The molecular formula is C52H36N2. The van der Waals surface area contributed by atoms with Crippen LogP contribution < -0.4 is 4.90 Å². The summed E-state index contributed by atoms with van der Waals surface area (Å²) in [6.45, 7) is 0. The second-order valence-corrected chi connectivity index (χ2v) is 13.8. The number of hydrogen-bond acceptors (Lipinski definition) is 1. The molecule has 0 aliphatic carbocycles. The Morgan fingerprint density at radius 2 is 0.796 bits per heavy atom. The van der Waals surface area contributed by atoms with E-state index in [0.29, 0.717) is 0 Å². The molecule has 0 aliphatic rings. The minimum Gasteiger partial charge on any atom is -0.311 e. The fraction of sp³-hybridized carbons (Fsp3) is 0. The van der Waals surface area contributed by atoms with Gasteiger partial charge in [0, 0.05) is 33.5 Å². The molecule has 0 fully saturated rings. The first-order valence-electron chi connectivity index (χ1n) is 18.5. The van der Waals surface area contributed by atoms with Gasteiger partial charge in [0.25, 0.3) is 0 Å². The molecule has 0 amide bonds. The number of hydrogen-bond donors (Lipinski definition) is 0. The normalized spacial score (nSPS) is 11.3. The van der Waals surface area contributed by atoms with Crippen molar-refractivity contribution in [1.29, 1.82) is 0 Å². The molecule has 0 saturated carbocycles. The Labute approximate surface area is 315 Å². The van der Waals surface area contributed by atoms with E-state index in [9.17, 15) is 0 Å². The van der Waals surface area contributed by atoms with E-state index in [1.165, 1.54) is 66.0 Å². The van der Waals surface area contributed by atoms with Crippen molar-refractivity contribution < 1.29 is 0 Å². The summed E-state index contributed by atoms with van der Waals surface area (Å²) in [6, 6.07) is 78.7. The molecule has 0 unspecified atom stereocenters. The van der Waals surface area contributed by atoms with Crippen molar-refractivity contribution in [3.63, 3.8) is 0 Å². The van der Waals surface area contributed by atoms with Gasteiger partial charge in [-0.1, -0.05) is 152 Å². The zero-order valence-electron chi connectivity index (χ0n) is 29.7. The Kier molecular flexibility index (Phi) is 7.85. The zero-order valence-corrected chi connectivity index (χ0v) is 29.7. The number of benzene rings is 9. The van der Waals surface area contributed by atoms with Gasteiger partial charge in [-0.05, 0) is 111 Å². The molecule has 0 aliphatic heterocycles. The Morgan fingerprint density at radius 1 is 0.296 bits per heavy atom. The number of para-hydroxylation sites is 2. The summed E-state index contributed by atoms with van der Waals surface area (Å²) >= 11 is 0. The molecule has 1 heterocycles. The van der Waals surface area contributed by atoms with Crippen molar-refractivity contribution in [3.05, 3.63) is 218 Å². The molecule has 1 aromatic heterocycles. The van der Waals surface area contributed by atoms with Crippen LogP contribution in [0.2, 0.25) is 0 Å². The molecule has 0 saturated heterocycles. The van der Waals surface area contributed by atoms with Gasteiger partial charge >= 0.3 is 0 Å². The van der Waals surface area contributed by atoms with Crippen LogP contribution in [0.3, 0.4) is 0 Å². The monoisotopic (exact) mass is 688 g/mol. The lowest BCUT2D eigenvalue weighted by atomic mass is 9.98. The van der Waals surface area contributed by atoms with Gasteiger partial charge in [0.05, 0.1) is 11.0 Å². The molecular weight excluding hydrogens is 653 g/mol. The SMILES string of the molecule is c1ccc(-c2ccc3c(c2)c2ccccc2n3-c2ccc(-c3ccc(N(c4ccccc4)c4ccc(-c5cccc6ccccc56)cc4)cc3)cc2)cc1. The fourth-order valence-corrected chi connectivity index (χ4v) is 7.96. The third kappa shape index (κ3) is 5.62. The molecule has 54 heavy (non-hydrogen) atoms. The average Bonchev–Trinajstić information content (AvgIpc) is 3.58. The maximum atomic E-state index is 2.38. The first kappa shape index (κ1) is 31.6. The number of nitrogens with zero attached hydrogens (tertiary/aromatic N) is 2. The summed E-state index contributed by atoms with van der Waals surface area (Å²) in [4.78, 5) is 2.32. The first-order valence-corrected chi connectivity index (χ1v) is 18.5. The quantitative estimate of drug-likeness (QED) is 0.162. The summed E-state index contributed by atoms with van der Waals surface area (Å²) < 4.78 is 2.38. The predicted octanol–water partition coefficient (Wildman–Crippen LogP) is 14.4. The average molecular weight is 689 g/mol. The standard InChI is InChI=1S/C52H36N2/c1-3-12-37(13-4-1)42-28-35-52-50(36-42)49-19-9-10-21-51(49)54(52)46-31-24-39(25-32-46)38-22-29-44(30-23-38)53(43-16-5-2-6-17-43)45-33-26-41(27-34-45)48-20-11-15-40-14-7-8-18-47(40)48/h1-36H. The van der Waals surface area contributed by atoms with Crippen molar-refractivity contribution in [2.24, 2.45) is 0 Å². The summed E-state index contributed by atoms with van der Waals surface area (Å²) in [7, 11) is 0. The van der Waals surface area contributed by atoms with Crippen molar-refractivity contribution >= 4 is 49.6 Å². The number of aromatic nitrogens is 1. The van der Waals surface area contributed by atoms with E-state index in [4.69, 9.17) is 0 Å². The van der Waals surface area contributed by atoms with Gasteiger partial charge in [-0.15, -0.1) is 0 Å². The van der Waals surface area contributed by atoms with Gasteiger partial charge in [-0.25, -0.2) is 0 Å². The lowest BCUT2D eigenvalue weighted by Gasteiger charge is -2.26. The van der Waals surface area contributed by atoms with Crippen molar-refractivity contribution in [1.82, 2.24) is 4.57 Å². The van der Waals surface area contributed by atoms with E-state index in [1.54, 1.807) is 0 Å². The molecule has 254 valence electrons. The minimum absolute atomic E-state index is 1.11. The smallest absolute Gasteiger partial charge is 0.0541 e. The second kappa shape index (κ2) is 13.4. The van der Waals surface area contributed by atoms with Crippen LogP contribution in [-0.4, -0.2) is 4.57 Å². The van der Waals surface area contributed by atoms with E-state index in [1.807, 2.05) is 0 Å². The molecule has 0 radical (unpaired) electrons. The van der Waals surface area contributed by atoms with Crippen LogP contribution >= 0.6 is 0 Å². The van der Waals surface area contributed by atoms with Gasteiger partial charge < -0.3 is 9.47 Å². The van der Waals surface area contributed by atoms with Gasteiger partial charge in [-0.2, -0.15) is 0 Å². The largest absolute Gasteiger partial charge is 0.311 e. The fourth-order valence-electron chi connectivity index (χ4n) is 7.96. The Bertz CT molecular complexity index is 2880. The van der Waals surface area contributed by atoms with Gasteiger partial charge in [0.1, 0.15) is 0 Å². The van der Waals surface area contributed by atoms with Gasteiger partial charge in [0.2, 0.25) is 0 Å². The van der Waals surface area contributed by atoms with Crippen LogP contribution in [0.1, 0.15) is 0 Å². The molecule has 0 N–H and O–H groups in total. The molecule has 10 aromatic rings. The first-order chi connectivity index (χ1) is 26.8. The summed E-state index contributed by atoms with van der Waals surface area (Å²) in [5, 5.41) is 5.04. The highest BCUT2D eigenvalue weighted by molar-refractivity contribution is 6.10. The Hall–Kier alpha value is -7.16. The van der Waals surface area contributed by atoms with Crippen LogP contribution in [0.4, 0.5) is 17.1 Å². The van der Waals surface area contributed by atoms with Gasteiger partial charge in [-0.3, -0.25) is 0 Å². The Balaban J connectivity index is 0.969. The summed E-state index contributed by atoms with van der Waals surface area (Å²) in [6.07, 6.45) is 0. The summed E-state index contributed by atoms with van der Waals surface area (Å²) in [5.41, 5.74) is 14.2. The minimum atomic E-state index is 1.11. The lowest BCUT2D eigenvalue weighted by molar-refractivity contribution is 1.18. The van der Waals surface area contributed by atoms with Crippen LogP contribution in [0.15, 0.2) is 218 Å². The Morgan fingerprint density at radius 3 is 1.52 bits per heavy atom. The predicted molar refractivity (Wildman–Crippen MR) is 229 cm³/mol. The van der Waals surface area contributed by atoms with Crippen molar-refractivity contribution in [2.75, 3.05) is 4.90 Å². The van der Waals surface area contributed by atoms with Crippen LogP contribution in [0.25, 0.3) is 71.6 Å². The van der Waals surface area contributed by atoms with Crippen molar-refractivity contribution in [2.45, 2.75) is 0 Å². The molecule has 0 bridgehead atoms. The number of fused-ring (bicyclic) bond motifs is 4. The topological polar surface area (TPSA) is 8.17 Å². The third-order valence-corrected chi connectivity index (χ3v) is 10.6. The highest BCUT2D eigenvalue weighted by Crippen LogP contribution is 2.39. The second-order valence-electron chi connectivity index (χ2n) is 13.8. The highest BCUT2D eigenvalue weighted by Gasteiger charge is 2.15.